The molecule has 2 unspecified atom stereocenters. The highest BCUT2D eigenvalue weighted by Crippen LogP contribution is 2.21. The fourth-order valence-electron chi connectivity index (χ4n) is 2.56. The topological polar surface area (TPSA) is 32.3 Å². The zero-order valence-corrected chi connectivity index (χ0v) is 9.73. The number of nitrogens with one attached hydrogen (secondary N) is 1. The molecular formula is C14H21NO. The molecule has 0 saturated carbocycles. The first-order valence-electron chi connectivity index (χ1n) is 6.28. The highest BCUT2D eigenvalue weighted by Gasteiger charge is 2.22. The molecule has 88 valence electrons. The van der Waals surface area contributed by atoms with Gasteiger partial charge in [0.1, 0.15) is 0 Å². The van der Waals surface area contributed by atoms with Gasteiger partial charge in [0.15, 0.2) is 0 Å². The van der Waals surface area contributed by atoms with E-state index in [-0.39, 0.29) is 12.6 Å². The smallest absolute Gasteiger partial charge is 0.0587 e. The van der Waals surface area contributed by atoms with Gasteiger partial charge in [-0.3, -0.25) is 0 Å². The average Bonchev–Trinajstić information content (AvgIpc) is 2.55. The minimum atomic E-state index is 0.261. The Bertz CT molecular complexity index is 299. The maximum atomic E-state index is 9.40. The van der Waals surface area contributed by atoms with E-state index < -0.39 is 0 Å². The SMILES string of the molecule is OCC1NCCCCC1Cc1ccccc1. The van der Waals surface area contributed by atoms with Gasteiger partial charge in [0, 0.05) is 6.04 Å². The molecule has 1 saturated heterocycles. The fraction of sp³-hybridized carbons (Fsp3) is 0.571. The van der Waals surface area contributed by atoms with Crippen molar-refractivity contribution >= 4 is 0 Å². The van der Waals surface area contributed by atoms with Crippen LogP contribution < -0.4 is 5.32 Å². The van der Waals surface area contributed by atoms with E-state index in [0.717, 1.165) is 13.0 Å². The van der Waals surface area contributed by atoms with Crippen molar-refractivity contribution < 1.29 is 5.11 Å². The van der Waals surface area contributed by atoms with Gasteiger partial charge in [0.25, 0.3) is 0 Å². The van der Waals surface area contributed by atoms with E-state index in [9.17, 15) is 5.11 Å². The van der Waals surface area contributed by atoms with E-state index in [1.54, 1.807) is 0 Å². The van der Waals surface area contributed by atoms with E-state index in [4.69, 9.17) is 0 Å². The number of aliphatic hydroxyl groups excluding tert-OH is 1. The second-order valence-corrected chi connectivity index (χ2v) is 4.69. The Morgan fingerprint density at radius 2 is 2.00 bits per heavy atom. The summed E-state index contributed by atoms with van der Waals surface area (Å²) in [6.45, 7) is 1.31. The lowest BCUT2D eigenvalue weighted by molar-refractivity contribution is 0.200. The molecule has 2 atom stereocenters. The largest absolute Gasteiger partial charge is 0.395 e. The molecule has 1 fully saturated rings. The molecule has 0 aromatic heterocycles. The second kappa shape index (κ2) is 6.02. The molecule has 0 amide bonds. The highest BCUT2D eigenvalue weighted by atomic mass is 16.3. The van der Waals surface area contributed by atoms with Crippen LogP contribution in [0.25, 0.3) is 0 Å². The number of rotatable bonds is 3. The normalized spacial score (nSPS) is 26.3. The molecule has 2 rings (SSSR count). The summed E-state index contributed by atoms with van der Waals surface area (Å²) in [5, 5.41) is 12.9. The Morgan fingerprint density at radius 3 is 2.75 bits per heavy atom. The van der Waals surface area contributed by atoms with Crippen LogP contribution in [0.3, 0.4) is 0 Å². The van der Waals surface area contributed by atoms with Gasteiger partial charge >= 0.3 is 0 Å². The van der Waals surface area contributed by atoms with E-state index in [1.165, 1.54) is 24.8 Å². The molecule has 1 aromatic carbocycles. The summed E-state index contributed by atoms with van der Waals surface area (Å²) in [5.41, 5.74) is 1.38. The predicted octanol–water partition coefficient (Wildman–Crippen LogP) is 1.98. The zero-order valence-electron chi connectivity index (χ0n) is 9.73. The number of aliphatic hydroxyl groups is 1. The Morgan fingerprint density at radius 1 is 1.19 bits per heavy atom. The van der Waals surface area contributed by atoms with Gasteiger partial charge in [0.05, 0.1) is 6.61 Å². The molecule has 1 aromatic rings. The lowest BCUT2D eigenvalue weighted by Gasteiger charge is -2.24. The van der Waals surface area contributed by atoms with Crippen LogP contribution in [0.1, 0.15) is 24.8 Å². The minimum Gasteiger partial charge on any atom is -0.395 e. The third-order valence-corrected chi connectivity index (χ3v) is 3.51. The highest BCUT2D eigenvalue weighted by molar-refractivity contribution is 5.15. The Kier molecular flexibility index (Phi) is 4.37. The third-order valence-electron chi connectivity index (χ3n) is 3.51. The van der Waals surface area contributed by atoms with Gasteiger partial charge < -0.3 is 10.4 Å². The van der Waals surface area contributed by atoms with E-state index in [1.807, 2.05) is 0 Å². The first-order valence-corrected chi connectivity index (χ1v) is 6.28. The number of hydrogen-bond donors (Lipinski definition) is 2. The van der Waals surface area contributed by atoms with Crippen LogP contribution in [0.4, 0.5) is 0 Å². The van der Waals surface area contributed by atoms with Crippen molar-refractivity contribution in [2.24, 2.45) is 5.92 Å². The Hall–Kier alpha value is -0.860. The third kappa shape index (κ3) is 3.06. The van der Waals surface area contributed by atoms with Crippen LogP contribution in [0.2, 0.25) is 0 Å². The molecule has 2 N–H and O–H groups in total. The molecule has 0 radical (unpaired) electrons. The molecule has 0 spiro atoms. The van der Waals surface area contributed by atoms with Crippen LogP contribution in [0.5, 0.6) is 0 Å². The minimum absolute atomic E-state index is 0.261. The average molecular weight is 219 g/mol. The maximum Gasteiger partial charge on any atom is 0.0587 e. The molecule has 1 heterocycles. The first kappa shape index (κ1) is 11.6. The quantitative estimate of drug-likeness (QED) is 0.814. The first-order chi connectivity index (χ1) is 7.90. The standard InChI is InChI=1S/C14H21NO/c16-11-14-13(8-4-5-9-15-14)10-12-6-2-1-3-7-12/h1-3,6-7,13-16H,4-5,8-11H2. The molecule has 1 aliphatic heterocycles. The lowest BCUT2D eigenvalue weighted by Crippen LogP contribution is -2.38. The Balaban J connectivity index is 2.00. The summed E-state index contributed by atoms with van der Waals surface area (Å²) in [6.07, 6.45) is 4.83. The second-order valence-electron chi connectivity index (χ2n) is 4.69. The van der Waals surface area contributed by atoms with Crippen molar-refractivity contribution in [2.75, 3.05) is 13.2 Å². The molecular weight excluding hydrogens is 198 g/mol. The summed E-state index contributed by atoms with van der Waals surface area (Å²) in [7, 11) is 0. The summed E-state index contributed by atoms with van der Waals surface area (Å²) in [5.74, 6) is 0.579. The molecule has 0 aliphatic carbocycles. The molecule has 2 heteroatoms. The molecule has 0 bridgehead atoms. The van der Waals surface area contributed by atoms with Crippen molar-refractivity contribution in [3.8, 4) is 0 Å². The van der Waals surface area contributed by atoms with E-state index in [0.29, 0.717) is 5.92 Å². The van der Waals surface area contributed by atoms with Gasteiger partial charge in [-0.25, -0.2) is 0 Å². The summed E-state index contributed by atoms with van der Waals surface area (Å²) < 4.78 is 0. The Labute approximate surface area is 97.7 Å². The van der Waals surface area contributed by atoms with Gasteiger partial charge in [-0.15, -0.1) is 0 Å². The van der Waals surface area contributed by atoms with E-state index in [2.05, 4.69) is 35.6 Å². The van der Waals surface area contributed by atoms with Crippen molar-refractivity contribution in [1.29, 1.82) is 0 Å². The van der Waals surface area contributed by atoms with Gasteiger partial charge in [-0.1, -0.05) is 36.8 Å². The van der Waals surface area contributed by atoms with Crippen molar-refractivity contribution in [1.82, 2.24) is 5.32 Å². The van der Waals surface area contributed by atoms with Crippen LogP contribution in [0.15, 0.2) is 30.3 Å². The maximum absolute atomic E-state index is 9.40. The van der Waals surface area contributed by atoms with Crippen LogP contribution in [-0.2, 0) is 6.42 Å². The van der Waals surface area contributed by atoms with Crippen LogP contribution >= 0.6 is 0 Å². The van der Waals surface area contributed by atoms with E-state index >= 15 is 0 Å². The molecule has 16 heavy (non-hydrogen) atoms. The van der Waals surface area contributed by atoms with Crippen molar-refractivity contribution in [2.45, 2.75) is 31.7 Å². The number of hydrogen-bond acceptors (Lipinski definition) is 2. The van der Waals surface area contributed by atoms with Crippen molar-refractivity contribution in [3.05, 3.63) is 35.9 Å². The molecule has 2 nitrogen and oxygen atoms in total. The fourth-order valence-corrected chi connectivity index (χ4v) is 2.56. The molecule has 1 aliphatic rings. The lowest BCUT2D eigenvalue weighted by atomic mass is 9.89. The van der Waals surface area contributed by atoms with Gasteiger partial charge in [-0.05, 0) is 37.3 Å². The predicted molar refractivity (Wildman–Crippen MR) is 66.4 cm³/mol. The van der Waals surface area contributed by atoms with Gasteiger partial charge in [0.2, 0.25) is 0 Å². The van der Waals surface area contributed by atoms with Crippen LogP contribution in [0, 0.1) is 5.92 Å². The zero-order chi connectivity index (χ0) is 11.2. The van der Waals surface area contributed by atoms with Crippen LogP contribution in [-0.4, -0.2) is 24.3 Å². The summed E-state index contributed by atoms with van der Waals surface area (Å²) >= 11 is 0. The van der Waals surface area contributed by atoms with Crippen molar-refractivity contribution in [3.63, 3.8) is 0 Å². The monoisotopic (exact) mass is 219 g/mol. The summed E-state index contributed by atoms with van der Waals surface area (Å²) in [4.78, 5) is 0. The summed E-state index contributed by atoms with van der Waals surface area (Å²) in [6, 6.07) is 10.9. The number of benzene rings is 1. The van der Waals surface area contributed by atoms with Gasteiger partial charge in [-0.2, -0.15) is 0 Å².